The molecule has 2 aromatic rings. The van der Waals surface area contributed by atoms with Crippen LogP contribution in [0.5, 0.6) is 0 Å². The van der Waals surface area contributed by atoms with Crippen LogP contribution < -0.4 is 5.73 Å². The molecular formula is C14H13ClN2O2. The lowest BCUT2D eigenvalue weighted by Crippen LogP contribution is -2.08. The molecular weight excluding hydrogens is 264 g/mol. The number of pyridine rings is 1. The number of esters is 1. The maximum atomic E-state index is 11.6. The first-order chi connectivity index (χ1) is 9.02. The minimum atomic E-state index is -0.605. The predicted molar refractivity (Wildman–Crippen MR) is 75.2 cm³/mol. The van der Waals surface area contributed by atoms with Gasteiger partial charge in [-0.25, -0.2) is 9.78 Å². The third-order valence-corrected chi connectivity index (χ3v) is 3.08. The predicted octanol–water partition coefficient (Wildman–Crippen LogP) is 3.08. The van der Waals surface area contributed by atoms with E-state index in [-0.39, 0.29) is 10.7 Å². The number of hydrogen-bond donors (Lipinski definition) is 1. The molecule has 0 aliphatic rings. The fourth-order valence-electron chi connectivity index (χ4n) is 1.73. The van der Waals surface area contributed by atoms with Gasteiger partial charge in [0, 0.05) is 5.56 Å². The molecule has 0 unspecified atom stereocenters. The summed E-state index contributed by atoms with van der Waals surface area (Å²) in [5.41, 5.74) is 8.69. The molecule has 0 amide bonds. The Morgan fingerprint density at radius 2 is 2.11 bits per heavy atom. The molecule has 0 aliphatic heterocycles. The summed E-state index contributed by atoms with van der Waals surface area (Å²) in [5.74, 6) is -0.605. The molecule has 2 rings (SSSR count). The molecule has 0 fully saturated rings. The van der Waals surface area contributed by atoms with Gasteiger partial charge in [0.2, 0.25) is 0 Å². The van der Waals surface area contributed by atoms with Crippen molar-refractivity contribution in [3.63, 3.8) is 0 Å². The first-order valence-corrected chi connectivity index (χ1v) is 6.02. The number of carbonyl (C=O) groups is 1. The molecule has 19 heavy (non-hydrogen) atoms. The van der Waals surface area contributed by atoms with Gasteiger partial charge in [-0.05, 0) is 19.1 Å². The molecule has 1 aromatic heterocycles. The Labute approximate surface area is 116 Å². The highest BCUT2D eigenvalue weighted by atomic mass is 35.5. The topological polar surface area (TPSA) is 65.2 Å². The van der Waals surface area contributed by atoms with E-state index in [1.165, 1.54) is 7.11 Å². The van der Waals surface area contributed by atoms with Gasteiger partial charge >= 0.3 is 5.97 Å². The van der Waals surface area contributed by atoms with E-state index < -0.39 is 5.97 Å². The average Bonchev–Trinajstić information content (AvgIpc) is 2.40. The molecule has 0 atom stereocenters. The molecule has 1 heterocycles. The quantitative estimate of drug-likeness (QED) is 0.856. The second-order valence-electron chi connectivity index (χ2n) is 4.12. The van der Waals surface area contributed by atoms with Gasteiger partial charge in [0.15, 0.2) is 5.69 Å². The van der Waals surface area contributed by atoms with Gasteiger partial charge in [-0.15, -0.1) is 0 Å². The molecule has 0 saturated carbocycles. The van der Waals surface area contributed by atoms with Gasteiger partial charge in [0.05, 0.1) is 23.5 Å². The van der Waals surface area contributed by atoms with Crippen LogP contribution in [0.3, 0.4) is 0 Å². The summed E-state index contributed by atoms with van der Waals surface area (Å²) in [6.45, 7) is 1.98. The second kappa shape index (κ2) is 5.28. The number of benzene rings is 1. The number of carbonyl (C=O) groups excluding carboxylic acids is 1. The number of aromatic nitrogens is 1. The standard InChI is InChI=1S/C14H13ClN2O2/c1-8-4-3-5-9(6-8)11-7-10(16)12(15)13(17-11)14(18)19-2/h3-7H,1-2H3,(H2,16,17). The number of nitrogens with zero attached hydrogens (tertiary/aromatic N) is 1. The van der Waals surface area contributed by atoms with Crippen LogP contribution in [0.4, 0.5) is 5.69 Å². The normalized spacial score (nSPS) is 10.3. The number of hydrogen-bond acceptors (Lipinski definition) is 4. The van der Waals surface area contributed by atoms with Crippen LogP contribution >= 0.6 is 11.6 Å². The highest BCUT2D eigenvalue weighted by molar-refractivity contribution is 6.35. The SMILES string of the molecule is COC(=O)c1nc(-c2cccc(C)c2)cc(N)c1Cl. The molecule has 0 saturated heterocycles. The number of aryl methyl sites for hydroxylation is 1. The van der Waals surface area contributed by atoms with E-state index in [9.17, 15) is 4.79 Å². The molecule has 0 aliphatic carbocycles. The number of nitrogens with two attached hydrogens (primary N) is 1. The summed E-state index contributed by atoms with van der Waals surface area (Å²) >= 11 is 5.97. The van der Waals surface area contributed by atoms with Crippen molar-refractivity contribution in [2.45, 2.75) is 6.92 Å². The minimum Gasteiger partial charge on any atom is -0.464 e. The molecule has 2 N–H and O–H groups in total. The van der Waals surface area contributed by atoms with Crippen molar-refractivity contribution in [3.05, 3.63) is 46.6 Å². The van der Waals surface area contributed by atoms with Crippen LogP contribution in [0.1, 0.15) is 16.1 Å². The van der Waals surface area contributed by atoms with Crippen LogP contribution in [0.25, 0.3) is 11.3 Å². The van der Waals surface area contributed by atoms with E-state index in [1.807, 2.05) is 31.2 Å². The number of anilines is 1. The van der Waals surface area contributed by atoms with Gasteiger partial charge in [0.1, 0.15) is 0 Å². The summed E-state index contributed by atoms with van der Waals surface area (Å²) < 4.78 is 4.65. The smallest absolute Gasteiger partial charge is 0.358 e. The summed E-state index contributed by atoms with van der Waals surface area (Å²) in [6.07, 6.45) is 0. The zero-order chi connectivity index (χ0) is 14.0. The second-order valence-corrected chi connectivity index (χ2v) is 4.50. The van der Waals surface area contributed by atoms with E-state index in [2.05, 4.69) is 9.72 Å². The van der Waals surface area contributed by atoms with Gasteiger partial charge in [0.25, 0.3) is 0 Å². The van der Waals surface area contributed by atoms with E-state index in [0.717, 1.165) is 11.1 Å². The Morgan fingerprint density at radius 3 is 2.74 bits per heavy atom. The zero-order valence-electron chi connectivity index (χ0n) is 10.6. The largest absolute Gasteiger partial charge is 0.464 e. The third-order valence-electron chi connectivity index (χ3n) is 2.68. The fraction of sp³-hybridized carbons (Fsp3) is 0.143. The Kier molecular flexibility index (Phi) is 3.71. The monoisotopic (exact) mass is 276 g/mol. The molecule has 5 heteroatoms. The lowest BCUT2D eigenvalue weighted by molar-refractivity contribution is 0.0594. The summed E-state index contributed by atoms with van der Waals surface area (Å²) in [6, 6.07) is 9.38. The van der Waals surface area contributed by atoms with Crippen molar-refractivity contribution in [1.82, 2.24) is 4.98 Å². The van der Waals surface area contributed by atoms with Crippen LogP contribution in [-0.4, -0.2) is 18.1 Å². The summed E-state index contributed by atoms with van der Waals surface area (Å²) in [5, 5.41) is 0.114. The lowest BCUT2D eigenvalue weighted by Gasteiger charge is -2.08. The zero-order valence-corrected chi connectivity index (χ0v) is 11.4. The Bertz CT molecular complexity index is 641. The van der Waals surface area contributed by atoms with Gasteiger partial charge < -0.3 is 10.5 Å². The van der Waals surface area contributed by atoms with Crippen LogP contribution in [0.2, 0.25) is 5.02 Å². The first-order valence-electron chi connectivity index (χ1n) is 5.64. The van der Waals surface area contributed by atoms with E-state index >= 15 is 0 Å². The van der Waals surface area contributed by atoms with Crippen molar-refractivity contribution in [2.24, 2.45) is 0 Å². The highest BCUT2D eigenvalue weighted by Crippen LogP contribution is 2.28. The number of nitrogen functional groups attached to an aromatic ring is 1. The Hall–Kier alpha value is -2.07. The number of methoxy groups -OCH3 is 1. The first kappa shape index (κ1) is 13.4. The molecule has 0 bridgehead atoms. The van der Waals surface area contributed by atoms with Crippen molar-refractivity contribution in [2.75, 3.05) is 12.8 Å². The van der Waals surface area contributed by atoms with Crippen LogP contribution in [0.15, 0.2) is 30.3 Å². The number of ether oxygens (including phenoxy) is 1. The molecule has 4 nitrogen and oxygen atoms in total. The maximum absolute atomic E-state index is 11.6. The van der Waals surface area contributed by atoms with Gasteiger partial charge in [-0.3, -0.25) is 0 Å². The molecule has 1 aromatic carbocycles. The van der Waals surface area contributed by atoms with E-state index in [4.69, 9.17) is 17.3 Å². The van der Waals surface area contributed by atoms with Crippen LogP contribution in [0, 0.1) is 6.92 Å². The van der Waals surface area contributed by atoms with Crippen molar-refractivity contribution < 1.29 is 9.53 Å². The summed E-state index contributed by atoms with van der Waals surface area (Å²) in [7, 11) is 1.27. The van der Waals surface area contributed by atoms with E-state index in [1.54, 1.807) is 6.07 Å². The highest BCUT2D eigenvalue weighted by Gasteiger charge is 2.17. The summed E-state index contributed by atoms with van der Waals surface area (Å²) in [4.78, 5) is 15.8. The molecule has 0 spiro atoms. The van der Waals surface area contributed by atoms with Gasteiger partial charge in [-0.1, -0.05) is 35.4 Å². The number of halogens is 1. The average molecular weight is 277 g/mol. The van der Waals surface area contributed by atoms with Crippen molar-refractivity contribution in [1.29, 1.82) is 0 Å². The third kappa shape index (κ3) is 2.69. The Morgan fingerprint density at radius 1 is 1.37 bits per heavy atom. The minimum absolute atomic E-state index is 0.0284. The molecule has 98 valence electrons. The van der Waals surface area contributed by atoms with Gasteiger partial charge in [-0.2, -0.15) is 0 Å². The fourth-order valence-corrected chi connectivity index (χ4v) is 1.91. The number of rotatable bonds is 2. The van der Waals surface area contributed by atoms with Crippen molar-refractivity contribution in [3.8, 4) is 11.3 Å². The maximum Gasteiger partial charge on any atom is 0.358 e. The van der Waals surface area contributed by atoms with Crippen LogP contribution in [-0.2, 0) is 4.74 Å². The lowest BCUT2D eigenvalue weighted by atomic mass is 10.1. The van der Waals surface area contributed by atoms with Crippen molar-refractivity contribution >= 4 is 23.3 Å². The Balaban J connectivity index is 2.60. The van der Waals surface area contributed by atoms with E-state index in [0.29, 0.717) is 11.4 Å². The molecule has 0 radical (unpaired) electrons.